The number of nitrogens with one attached hydrogen (secondary N) is 2. The summed E-state index contributed by atoms with van der Waals surface area (Å²) in [6, 6.07) is 17.1. The Balaban J connectivity index is 1.85. The minimum atomic E-state index is -0.126. The first-order chi connectivity index (χ1) is 11.1. The average molecular weight is 306 g/mol. The van der Waals surface area contributed by atoms with Crippen molar-refractivity contribution in [1.29, 1.82) is 0 Å². The highest BCUT2D eigenvalue weighted by atomic mass is 16.1. The Morgan fingerprint density at radius 3 is 2.43 bits per heavy atom. The van der Waals surface area contributed by atoms with Crippen LogP contribution in [0.2, 0.25) is 0 Å². The van der Waals surface area contributed by atoms with E-state index in [0.717, 1.165) is 16.9 Å². The molecule has 1 heterocycles. The van der Waals surface area contributed by atoms with E-state index in [1.54, 1.807) is 12.1 Å². The fourth-order valence-electron chi connectivity index (χ4n) is 2.38. The third kappa shape index (κ3) is 3.58. The summed E-state index contributed by atoms with van der Waals surface area (Å²) in [7, 11) is 0. The van der Waals surface area contributed by atoms with Crippen molar-refractivity contribution in [2.24, 2.45) is 0 Å². The number of nitrogen functional groups attached to an aromatic ring is 1. The second-order valence-corrected chi connectivity index (χ2v) is 5.39. The molecule has 2 aromatic carbocycles. The molecule has 116 valence electrons. The molecule has 0 radical (unpaired) electrons. The standard InChI is InChI=1S/C18H18N4O/c1-12-16(11-13-5-3-2-4-6-13)17(23)22-18(20-12)21-15-9-7-14(19)8-10-15/h2-10H,11,19H2,1H3,(H2,20,21,22,23). The van der Waals surface area contributed by atoms with E-state index in [1.165, 1.54) is 0 Å². The van der Waals surface area contributed by atoms with E-state index >= 15 is 0 Å². The number of aromatic amines is 1. The first-order valence-corrected chi connectivity index (χ1v) is 7.38. The molecule has 3 rings (SSSR count). The minimum absolute atomic E-state index is 0.126. The lowest BCUT2D eigenvalue weighted by Crippen LogP contribution is -2.18. The summed E-state index contributed by atoms with van der Waals surface area (Å²) in [5.74, 6) is 0.425. The van der Waals surface area contributed by atoms with Gasteiger partial charge in [0.1, 0.15) is 0 Å². The van der Waals surface area contributed by atoms with E-state index in [0.29, 0.717) is 23.6 Å². The van der Waals surface area contributed by atoms with Gasteiger partial charge in [-0.2, -0.15) is 0 Å². The van der Waals surface area contributed by atoms with E-state index in [9.17, 15) is 4.79 Å². The monoisotopic (exact) mass is 306 g/mol. The molecule has 0 saturated carbocycles. The van der Waals surface area contributed by atoms with E-state index in [4.69, 9.17) is 5.73 Å². The van der Waals surface area contributed by atoms with E-state index in [1.807, 2.05) is 49.4 Å². The number of anilines is 3. The van der Waals surface area contributed by atoms with Crippen molar-refractivity contribution >= 4 is 17.3 Å². The maximum absolute atomic E-state index is 12.4. The molecular formula is C18H18N4O. The van der Waals surface area contributed by atoms with Crippen LogP contribution in [0.1, 0.15) is 16.8 Å². The lowest BCUT2D eigenvalue weighted by atomic mass is 10.1. The van der Waals surface area contributed by atoms with Crippen molar-refractivity contribution in [3.8, 4) is 0 Å². The normalized spacial score (nSPS) is 10.5. The van der Waals surface area contributed by atoms with Crippen LogP contribution in [-0.4, -0.2) is 9.97 Å². The van der Waals surface area contributed by atoms with Crippen LogP contribution in [0.4, 0.5) is 17.3 Å². The second-order valence-electron chi connectivity index (χ2n) is 5.39. The van der Waals surface area contributed by atoms with Gasteiger partial charge in [-0.1, -0.05) is 30.3 Å². The molecule has 23 heavy (non-hydrogen) atoms. The Morgan fingerprint density at radius 1 is 1.09 bits per heavy atom. The van der Waals surface area contributed by atoms with Gasteiger partial charge in [0.2, 0.25) is 5.95 Å². The number of nitrogens with zero attached hydrogens (tertiary/aromatic N) is 1. The van der Waals surface area contributed by atoms with Gasteiger partial charge in [-0.3, -0.25) is 9.78 Å². The summed E-state index contributed by atoms with van der Waals surface area (Å²) in [5.41, 5.74) is 9.52. The van der Waals surface area contributed by atoms with Crippen LogP contribution in [-0.2, 0) is 6.42 Å². The summed E-state index contributed by atoms with van der Waals surface area (Å²) in [4.78, 5) is 19.6. The molecule has 0 aliphatic rings. The molecule has 5 nitrogen and oxygen atoms in total. The third-order valence-corrected chi connectivity index (χ3v) is 3.62. The van der Waals surface area contributed by atoms with Gasteiger partial charge < -0.3 is 11.1 Å². The number of aryl methyl sites for hydroxylation is 1. The van der Waals surface area contributed by atoms with Crippen LogP contribution in [0.15, 0.2) is 59.4 Å². The minimum Gasteiger partial charge on any atom is -0.399 e. The number of hydrogen-bond acceptors (Lipinski definition) is 4. The molecule has 0 bridgehead atoms. The fraction of sp³-hybridized carbons (Fsp3) is 0.111. The lowest BCUT2D eigenvalue weighted by Gasteiger charge is -2.09. The molecule has 4 N–H and O–H groups in total. The number of aromatic nitrogens is 2. The highest BCUT2D eigenvalue weighted by molar-refractivity contribution is 5.57. The van der Waals surface area contributed by atoms with Crippen molar-refractivity contribution in [3.63, 3.8) is 0 Å². The molecular weight excluding hydrogens is 288 g/mol. The first-order valence-electron chi connectivity index (χ1n) is 7.38. The molecule has 3 aromatic rings. The number of nitrogens with two attached hydrogens (primary N) is 1. The zero-order valence-corrected chi connectivity index (χ0v) is 12.8. The smallest absolute Gasteiger partial charge is 0.256 e. The van der Waals surface area contributed by atoms with Crippen LogP contribution in [0.25, 0.3) is 0 Å². The van der Waals surface area contributed by atoms with E-state index < -0.39 is 0 Å². The van der Waals surface area contributed by atoms with E-state index in [-0.39, 0.29) is 5.56 Å². The largest absolute Gasteiger partial charge is 0.399 e. The molecule has 0 saturated heterocycles. The number of rotatable bonds is 4. The summed E-state index contributed by atoms with van der Waals surface area (Å²) in [6.07, 6.45) is 0.567. The van der Waals surface area contributed by atoms with Crippen LogP contribution >= 0.6 is 0 Å². The summed E-state index contributed by atoms with van der Waals surface area (Å²) in [6.45, 7) is 1.85. The number of H-pyrrole nitrogens is 1. The van der Waals surface area contributed by atoms with Gasteiger partial charge in [0.25, 0.3) is 5.56 Å². The number of hydrogen-bond donors (Lipinski definition) is 3. The van der Waals surface area contributed by atoms with Crippen molar-refractivity contribution in [1.82, 2.24) is 9.97 Å². The second kappa shape index (κ2) is 6.36. The van der Waals surface area contributed by atoms with Crippen molar-refractivity contribution in [2.45, 2.75) is 13.3 Å². The maximum atomic E-state index is 12.4. The van der Waals surface area contributed by atoms with Crippen molar-refractivity contribution < 1.29 is 0 Å². The summed E-state index contributed by atoms with van der Waals surface area (Å²) in [5, 5.41) is 3.08. The van der Waals surface area contributed by atoms with Gasteiger partial charge >= 0.3 is 0 Å². The Kier molecular flexibility index (Phi) is 4.10. The molecule has 0 atom stereocenters. The molecule has 0 aliphatic heterocycles. The van der Waals surface area contributed by atoms with Crippen molar-refractivity contribution in [2.75, 3.05) is 11.1 Å². The molecule has 5 heteroatoms. The molecule has 0 fully saturated rings. The first kappa shape index (κ1) is 14.8. The quantitative estimate of drug-likeness (QED) is 0.647. The van der Waals surface area contributed by atoms with Crippen molar-refractivity contribution in [3.05, 3.63) is 81.8 Å². The fourth-order valence-corrected chi connectivity index (χ4v) is 2.38. The summed E-state index contributed by atoms with van der Waals surface area (Å²) < 4.78 is 0. The molecule has 0 spiro atoms. The predicted molar refractivity (Wildman–Crippen MR) is 93.0 cm³/mol. The highest BCUT2D eigenvalue weighted by Crippen LogP contribution is 2.15. The maximum Gasteiger partial charge on any atom is 0.256 e. The zero-order chi connectivity index (χ0) is 16.2. The Labute approximate surface area is 134 Å². The Hall–Kier alpha value is -3.08. The predicted octanol–water partition coefficient (Wildman–Crippen LogP) is 2.99. The van der Waals surface area contributed by atoms with Gasteiger partial charge in [-0.05, 0) is 36.8 Å². The molecule has 1 aromatic heterocycles. The van der Waals surface area contributed by atoms with Gasteiger partial charge in [-0.25, -0.2) is 4.98 Å². The summed E-state index contributed by atoms with van der Waals surface area (Å²) >= 11 is 0. The topological polar surface area (TPSA) is 83.8 Å². The number of benzene rings is 2. The van der Waals surface area contributed by atoms with E-state index in [2.05, 4.69) is 15.3 Å². The van der Waals surface area contributed by atoms with Crippen LogP contribution in [0.5, 0.6) is 0 Å². The highest BCUT2D eigenvalue weighted by Gasteiger charge is 2.09. The Bertz CT molecular complexity index is 854. The van der Waals surface area contributed by atoms with Gasteiger partial charge in [0, 0.05) is 23.4 Å². The average Bonchev–Trinajstić information content (AvgIpc) is 2.54. The van der Waals surface area contributed by atoms with Gasteiger partial charge in [0.15, 0.2) is 0 Å². The molecule has 0 amide bonds. The van der Waals surface area contributed by atoms with Crippen LogP contribution < -0.4 is 16.6 Å². The van der Waals surface area contributed by atoms with Gasteiger partial charge in [-0.15, -0.1) is 0 Å². The third-order valence-electron chi connectivity index (χ3n) is 3.62. The zero-order valence-electron chi connectivity index (χ0n) is 12.8. The molecule has 0 aliphatic carbocycles. The molecule has 0 unspecified atom stereocenters. The van der Waals surface area contributed by atoms with Crippen LogP contribution in [0.3, 0.4) is 0 Å². The van der Waals surface area contributed by atoms with Crippen LogP contribution in [0, 0.1) is 6.92 Å². The SMILES string of the molecule is Cc1nc(Nc2ccc(N)cc2)[nH]c(=O)c1Cc1ccccc1. The van der Waals surface area contributed by atoms with Gasteiger partial charge in [0.05, 0.1) is 5.69 Å². The Morgan fingerprint density at radius 2 is 1.78 bits per heavy atom. The lowest BCUT2D eigenvalue weighted by molar-refractivity contribution is 0.986.